The van der Waals surface area contributed by atoms with Gasteiger partial charge in [-0.3, -0.25) is 4.57 Å². The molecule has 1 fully saturated rings. The summed E-state index contributed by atoms with van der Waals surface area (Å²) in [5, 5.41) is 20.1. The summed E-state index contributed by atoms with van der Waals surface area (Å²) < 4.78 is 3.28. The Morgan fingerprint density at radius 3 is 2.69 bits per heavy atom. The standard InChI is InChI=1S/C17H18ClN5S3/c1-24-17-22-19-14(26-17)10-25-16-21-20-15(12-8-4-5-9-13(12)18)23(16)11-6-2-3-7-11/h4-5,8-9,11H,2-3,6-7,10H2,1H3. The van der Waals surface area contributed by atoms with E-state index >= 15 is 0 Å². The van der Waals surface area contributed by atoms with Crippen LogP contribution in [0.2, 0.25) is 5.02 Å². The highest BCUT2D eigenvalue weighted by molar-refractivity contribution is 8.00. The van der Waals surface area contributed by atoms with Gasteiger partial charge in [-0.05, 0) is 31.2 Å². The van der Waals surface area contributed by atoms with Crippen LogP contribution in [0.25, 0.3) is 11.4 Å². The molecule has 0 N–H and O–H groups in total. The molecule has 0 atom stereocenters. The molecule has 0 spiro atoms. The molecule has 1 aliphatic carbocycles. The molecule has 0 saturated heterocycles. The maximum atomic E-state index is 6.43. The number of rotatable bonds is 6. The van der Waals surface area contributed by atoms with Crippen molar-refractivity contribution in [3.63, 3.8) is 0 Å². The van der Waals surface area contributed by atoms with Crippen molar-refractivity contribution in [1.29, 1.82) is 0 Å². The second-order valence-electron chi connectivity index (χ2n) is 6.05. The van der Waals surface area contributed by atoms with Gasteiger partial charge in [0.15, 0.2) is 15.3 Å². The highest BCUT2D eigenvalue weighted by Crippen LogP contribution is 2.39. The molecule has 0 unspecified atom stereocenters. The number of aromatic nitrogens is 5. The molecule has 0 aliphatic heterocycles. The maximum absolute atomic E-state index is 6.43. The van der Waals surface area contributed by atoms with Crippen molar-refractivity contribution < 1.29 is 0 Å². The van der Waals surface area contributed by atoms with Gasteiger partial charge < -0.3 is 0 Å². The fourth-order valence-electron chi connectivity index (χ4n) is 3.20. The zero-order valence-electron chi connectivity index (χ0n) is 14.3. The van der Waals surface area contributed by atoms with E-state index in [0.717, 1.165) is 31.6 Å². The van der Waals surface area contributed by atoms with Gasteiger partial charge in [-0.15, -0.1) is 20.4 Å². The molecule has 0 radical (unpaired) electrons. The van der Waals surface area contributed by atoms with Gasteiger partial charge in [-0.1, -0.05) is 71.4 Å². The SMILES string of the molecule is CSc1nnc(CSc2nnc(-c3ccccc3Cl)n2C2CCCC2)s1. The predicted octanol–water partition coefficient (Wildman–Crippen LogP) is 5.58. The van der Waals surface area contributed by atoms with E-state index in [2.05, 4.69) is 25.0 Å². The number of hydrogen-bond acceptors (Lipinski definition) is 7. The number of hydrogen-bond donors (Lipinski definition) is 0. The Kier molecular flexibility index (Phi) is 5.83. The summed E-state index contributed by atoms with van der Waals surface area (Å²) in [4.78, 5) is 0. The number of benzene rings is 1. The lowest BCUT2D eigenvalue weighted by Gasteiger charge is -2.17. The lowest BCUT2D eigenvalue weighted by molar-refractivity contribution is 0.485. The van der Waals surface area contributed by atoms with Crippen LogP contribution in [0, 0.1) is 0 Å². The molecule has 9 heteroatoms. The molecular weight excluding hydrogens is 406 g/mol. The minimum absolute atomic E-state index is 0.440. The van der Waals surface area contributed by atoms with Crippen LogP contribution in [0.3, 0.4) is 0 Å². The lowest BCUT2D eigenvalue weighted by atomic mass is 10.2. The largest absolute Gasteiger partial charge is 0.299 e. The summed E-state index contributed by atoms with van der Waals surface area (Å²) in [5.74, 6) is 1.62. The average Bonchev–Trinajstić information content (AvgIpc) is 3.40. The van der Waals surface area contributed by atoms with Gasteiger partial charge in [0.1, 0.15) is 5.01 Å². The van der Waals surface area contributed by atoms with Gasteiger partial charge in [0.2, 0.25) is 0 Å². The van der Waals surface area contributed by atoms with Gasteiger partial charge >= 0.3 is 0 Å². The van der Waals surface area contributed by atoms with E-state index in [1.165, 1.54) is 25.7 Å². The van der Waals surface area contributed by atoms with Crippen molar-refractivity contribution in [2.24, 2.45) is 0 Å². The van der Waals surface area contributed by atoms with Crippen molar-refractivity contribution in [1.82, 2.24) is 25.0 Å². The van der Waals surface area contributed by atoms with Crippen LogP contribution in [0.5, 0.6) is 0 Å². The van der Waals surface area contributed by atoms with Crippen LogP contribution in [0.15, 0.2) is 33.8 Å². The first-order valence-electron chi connectivity index (χ1n) is 8.45. The third-order valence-corrected chi connectivity index (χ3v) is 7.78. The summed E-state index contributed by atoms with van der Waals surface area (Å²) in [7, 11) is 0. The van der Waals surface area contributed by atoms with E-state index in [-0.39, 0.29) is 0 Å². The second kappa shape index (κ2) is 8.29. The predicted molar refractivity (Wildman–Crippen MR) is 109 cm³/mol. The monoisotopic (exact) mass is 423 g/mol. The van der Waals surface area contributed by atoms with Gasteiger partial charge in [-0.2, -0.15) is 0 Å². The third kappa shape index (κ3) is 3.78. The summed E-state index contributed by atoms with van der Waals surface area (Å²) in [6.07, 6.45) is 6.85. The average molecular weight is 424 g/mol. The van der Waals surface area contributed by atoms with E-state index in [9.17, 15) is 0 Å². The molecule has 5 nitrogen and oxygen atoms in total. The van der Waals surface area contributed by atoms with E-state index in [4.69, 9.17) is 11.6 Å². The van der Waals surface area contributed by atoms with Crippen molar-refractivity contribution in [2.75, 3.05) is 6.26 Å². The Morgan fingerprint density at radius 1 is 1.15 bits per heavy atom. The highest BCUT2D eigenvalue weighted by atomic mass is 35.5. The Balaban J connectivity index is 1.65. The zero-order valence-corrected chi connectivity index (χ0v) is 17.5. The summed E-state index contributed by atoms with van der Waals surface area (Å²) in [5.41, 5.74) is 0.945. The quantitative estimate of drug-likeness (QED) is 0.482. The Morgan fingerprint density at radius 2 is 1.96 bits per heavy atom. The summed E-state index contributed by atoms with van der Waals surface area (Å²) >= 11 is 11.4. The number of nitrogens with zero attached hydrogens (tertiary/aromatic N) is 5. The first-order chi connectivity index (χ1) is 12.8. The van der Waals surface area contributed by atoms with E-state index in [1.807, 2.05) is 30.5 Å². The van der Waals surface area contributed by atoms with Crippen LogP contribution in [-0.4, -0.2) is 31.2 Å². The third-order valence-electron chi connectivity index (χ3n) is 4.42. The number of thioether (sulfide) groups is 2. The van der Waals surface area contributed by atoms with E-state index < -0.39 is 0 Å². The molecule has 2 heterocycles. The van der Waals surface area contributed by atoms with Gasteiger partial charge in [0.25, 0.3) is 0 Å². The topological polar surface area (TPSA) is 56.5 Å². The van der Waals surface area contributed by atoms with E-state index in [1.54, 1.807) is 34.9 Å². The highest BCUT2D eigenvalue weighted by Gasteiger charge is 2.26. The van der Waals surface area contributed by atoms with Crippen LogP contribution in [-0.2, 0) is 5.75 Å². The first-order valence-corrected chi connectivity index (χ1v) is 11.9. The molecule has 2 aromatic heterocycles. The van der Waals surface area contributed by atoms with Crippen LogP contribution >= 0.6 is 46.5 Å². The first kappa shape index (κ1) is 18.3. The maximum Gasteiger partial charge on any atom is 0.192 e. The van der Waals surface area contributed by atoms with Crippen LogP contribution < -0.4 is 0 Å². The van der Waals surface area contributed by atoms with Crippen molar-refractivity contribution in [3.8, 4) is 11.4 Å². The molecule has 136 valence electrons. The van der Waals surface area contributed by atoms with Crippen molar-refractivity contribution >= 4 is 46.5 Å². The Hall–Kier alpha value is -1.09. The minimum atomic E-state index is 0.440. The lowest BCUT2D eigenvalue weighted by Crippen LogP contribution is -2.08. The molecular formula is C17H18ClN5S3. The van der Waals surface area contributed by atoms with Gasteiger partial charge in [0, 0.05) is 11.6 Å². The van der Waals surface area contributed by atoms with Crippen molar-refractivity contribution in [3.05, 3.63) is 34.3 Å². The molecule has 4 rings (SSSR count). The van der Waals surface area contributed by atoms with Crippen LogP contribution in [0.4, 0.5) is 0 Å². The van der Waals surface area contributed by atoms with Gasteiger partial charge in [0.05, 0.1) is 10.8 Å². The Bertz CT molecular complexity index is 888. The smallest absolute Gasteiger partial charge is 0.192 e. The van der Waals surface area contributed by atoms with Crippen molar-refractivity contribution in [2.45, 2.75) is 47.0 Å². The van der Waals surface area contributed by atoms with Gasteiger partial charge in [-0.25, -0.2) is 0 Å². The fourth-order valence-corrected chi connectivity index (χ4v) is 5.72. The second-order valence-corrected chi connectivity index (χ2v) is 9.51. The molecule has 0 bridgehead atoms. The minimum Gasteiger partial charge on any atom is -0.299 e. The molecule has 1 aromatic carbocycles. The number of halogens is 1. The summed E-state index contributed by atoms with van der Waals surface area (Å²) in [6.45, 7) is 0. The van der Waals surface area contributed by atoms with E-state index in [0.29, 0.717) is 11.1 Å². The Labute approximate surface area is 170 Å². The molecule has 26 heavy (non-hydrogen) atoms. The molecule has 3 aromatic rings. The normalized spacial score (nSPS) is 15.0. The van der Waals surface area contributed by atoms with Crippen LogP contribution in [0.1, 0.15) is 36.7 Å². The molecule has 1 aliphatic rings. The summed E-state index contributed by atoms with van der Waals surface area (Å²) in [6, 6.07) is 8.29. The molecule has 1 saturated carbocycles. The zero-order chi connectivity index (χ0) is 17.9. The molecule has 0 amide bonds. The fraction of sp³-hybridized carbons (Fsp3) is 0.412.